The van der Waals surface area contributed by atoms with E-state index in [1.807, 2.05) is 42.5 Å². The Morgan fingerprint density at radius 1 is 0.941 bits per heavy atom. The summed E-state index contributed by atoms with van der Waals surface area (Å²) in [6.07, 6.45) is 0.836. The first-order chi connectivity index (χ1) is 16.6. The van der Waals surface area contributed by atoms with Crippen LogP contribution in [0.15, 0.2) is 66.7 Å². The van der Waals surface area contributed by atoms with E-state index in [-0.39, 0.29) is 11.9 Å². The zero-order valence-corrected chi connectivity index (χ0v) is 20.0. The quantitative estimate of drug-likeness (QED) is 0.521. The van der Waals surface area contributed by atoms with Crippen LogP contribution in [0.4, 0.5) is 0 Å². The Balaban J connectivity index is 1.56. The lowest BCUT2D eigenvalue weighted by molar-refractivity contribution is -0.122. The topological polar surface area (TPSA) is 60.0 Å². The number of hydrogen-bond donors (Lipinski definition) is 1. The number of nitrogens with zero attached hydrogens (tertiary/aromatic N) is 1. The van der Waals surface area contributed by atoms with Crippen molar-refractivity contribution in [3.8, 4) is 11.5 Å². The summed E-state index contributed by atoms with van der Waals surface area (Å²) in [5, 5.41) is 3.10. The van der Waals surface area contributed by atoms with Gasteiger partial charge < -0.3 is 19.5 Å². The van der Waals surface area contributed by atoms with E-state index < -0.39 is 0 Å². The monoisotopic (exact) mass is 460 g/mol. The van der Waals surface area contributed by atoms with E-state index in [9.17, 15) is 4.79 Å². The smallest absolute Gasteiger partial charge is 0.234 e. The van der Waals surface area contributed by atoms with Crippen LogP contribution in [0.5, 0.6) is 11.5 Å². The van der Waals surface area contributed by atoms with Crippen LogP contribution in [-0.4, -0.2) is 45.2 Å². The molecule has 1 aliphatic heterocycles. The fourth-order valence-electron chi connectivity index (χ4n) is 4.65. The Kier molecular flexibility index (Phi) is 7.83. The summed E-state index contributed by atoms with van der Waals surface area (Å²) >= 11 is 0. The van der Waals surface area contributed by atoms with Gasteiger partial charge in [-0.3, -0.25) is 9.69 Å². The molecule has 4 rings (SSSR count). The first-order valence-electron chi connectivity index (χ1n) is 11.5. The summed E-state index contributed by atoms with van der Waals surface area (Å²) in [7, 11) is 4.98. The van der Waals surface area contributed by atoms with Gasteiger partial charge in [-0.05, 0) is 46.4 Å². The molecular formula is C28H32N2O4. The lowest BCUT2D eigenvalue weighted by atomic mass is 9.87. The van der Waals surface area contributed by atoms with E-state index in [4.69, 9.17) is 14.2 Å². The number of nitrogens with one attached hydrogen (secondary N) is 1. The molecule has 178 valence electrons. The van der Waals surface area contributed by atoms with Gasteiger partial charge >= 0.3 is 0 Å². The zero-order chi connectivity index (χ0) is 23.9. The number of carbonyl (C=O) groups excluding carboxylic acids is 1. The molecular weight excluding hydrogens is 428 g/mol. The predicted molar refractivity (Wildman–Crippen MR) is 132 cm³/mol. The van der Waals surface area contributed by atoms with Gasteiger partial charge in [0, 0.05) is 20.2 Å². The van der Waals surface area contributed by atoms with Gasteiger partial charge in [0.1, 0.15) is 0 Å². The molecule has 1 atom stereocenters. The number of carbonyl (C=O) groups is 1. The average Bonchev–Trinajstić information content (AvgIpc) is 2.88. The Bertz CT molecular complexity index is 1120. The molecule has 1 amide bonds. The minimum Gasteiger partial charge on any atom is -0.493 e. The van der Waals surface area contributed by atoms with Crippen LogP contribution in [0, 0.1) is 0 Å². The first-order valence-corrected chi connectivity index (χ1v) is 11.5. The van der Waals surface area contributed by atoms with E-state index in [1.54, 1.807) is 21.3 Å². The van der Waals surface area contributed by atoms with E-state index in [0.717, 1.165) is 41.0 Å². The summed E-state index contributed by atoms with van der Waals surface area (Å²) in [6.45, 7) is 2.08. The summed E-state index contributed by atoms with van der Waals surface area (Å²) in [4.78, 5) is 15.3. The van der Waals surface area contributed by atoms with E-state index in [0.29, 0.717) is 25.4 Å². The molecule has 0 aliphatic carbocycles. The Labute approximate surface area is 201 Å². The summed E-state index contributed by atoms with van der Waals surface area (Å²) < 4.78 is 16.4. The number of amides is 1. The number of ether oxygens (including phenoxy) is 3. The summed E-state index contributed by atoms with van der Waals surface area (Å²) in [5.41, 5.74) is 5.66. The third kappa shape index (κ3) is 5.24. The molecule has 0 bridgehead atoms. The number of hydrogen-bond acceptors (Lipinski definition) is 5. The van der Waals surface area contributed by atoms with Gasteiger partial charge in [0.2, 0.25) is 5.91 Å². The van der Waals surface area contributed by atoms with Crippen LogP contribution < -0.4 is 14.8 Å². The van der Waals surface area contributed by atoms with Gasteiger partial charge in [-0.25, -0.2) is 0 Å². The van der Waals surface area contributed by atoms with Crippen molar-refractivity contribution in [1.29, 1.82) is 0 Å². The molecule has 0 fully saturated rings. The molecule has 3 aromatic rings. The van der Waals surface area contributed by atoms with Crippen molar-refractivity contribution >= 4 is 5.91 Å². The van der Waals surface area contributed by atoms with Gasteiger partial charge in [-0.15, -0.1) is 0 Å². The minimum atomic E-state index is -0.0451. The lowest BCUT2D eigenvalue weighted by Crippen LogP contribution is -2.43. The highest BCUT2D eigenvalue weighted by Gasteiger charge is 2.31. The van der Waals surface area contributed by atoms with Crippen LogP contribution in [0.3, 0.4) is 0 Å². The molecule has 1 N–H and O–H groups in total. The molecule has 0 aromatic heterocycles. The second-order valence-corrected chi connectivity index (χ2v) is 8.42. The van der Waals surface area contributed by atoms with Crippen LogP contribution in [0.1, 0.15) is 33.9 Å². The normalized spacial score (nSPS) is 15.4. The van der Waals surface area contributed by atoms with Gasteiger partial charge in [-0.2, -0.15) is 0 Å². The highest BCUT2D eigenvalue weighted by molar-refractivity contribution is 5.78. The molecule has 6 heteroatoms. The molecule has 3 aromatic carbocycles. The number of fused-ring (bicyclic) bond motifs is 1. The highest BCUT2D eigenvalue weighted by Crippen LogP contribution is 2.40. The number of methoxy groups -OCH3 is 3. The van der Waals surface area contributed by atoms with Crippen molar-refractivity contribution < 1.29 is 19.0 Å². The molecule has 1 unspecified atom stereocenters. The SMILES string of the molecule is COCc1ccccc1CNC(=O)CN1CCc2cc(OC)c(OC)cc2C1c1ccccc1. The molecule has 0 radical (unpaired) electrons. The molecule has 0 spiro atoms. The third-order valence-electron chi connectivity index (χ3n) is 6.33. The average molecular weight is 461 g/mol. The fraction of sp³-hybridized carbons (Fsp3) is 0.321. The summed E-state index contributed by atoms with van der Waals surface area (Å²) in [5.74, 6) is 1.43. The van der Waals surface area contributed by atoms with E-state index in [1.165, 1.54) is 5.56 Å². The highest BCUT2D eigenvalue weighted by atomic mass is 16.5. The first kappa shape index (κ1) is 23.8. The molecule has 0 saturated carbocycles. The zero-order valence-electron chi connectivity index (χ0n) is 20.0. The summed E-state index contributed by atoms with van der Waals surface area (Å²) in [6, 6.07) is 22.4. The standard InChI is InChI=1S/C28H32N2O4/c1-32-19-23-12-8-7-11-22(23)17-29-27(31)18-30-14-13-21-15-25(33-2)26(34-3)16-24(21)28(30)20-9-5-4-6-10-20/h4-12,15-16,28H,13-14,17-19H2,1-3H3,(H,29,31). The maximum Gasteiger partial charge on any atom is 0.234 e. The Morgan fingerprint density at radius 3 is 2.32 bits per heavy atom. The molecule has 6 nitrogen and oxygen atoms in total. The minimum absolute atomic E-state index is 0.00271. The van der Waals surface area contributed by atoms with Crippen molar-refractivity contribution in [1.82, 2.24) is 10.2 Å². The van der Waals surface area contributed by atoms with Crippen molar-refractivity contribution in [2.45, 2.75) is 25.6 Å². The second kappa shape index (κ2) is 11.2. The van der Waals surface area contributed by atoms with E-state index in [2.05, 4.69) is 34.5 Å². The van der Waals surface area contributed by atoms with Gasteiger partial charge in [0.05, 0.1) is 33.4 Å². The lowest BCUT2D eigenvalue weighted by Gasteiger charge is -2.37. The Hall–Kier alpha value is -3.35. The fourth-order valence-corrected chi connectivity index (χ4v) is 4.65. The third-order valence-corrected chi connectivity index (χ3v) is 6.33. The number of benzene rings is 3. The van der Waals surface area contributed by atoms with Gasteiger partial charge in [0.15, 0.2) is 11.5 Å². The van der Waals surface area contributed by atoms with Crippen LogP contribution >= 0.6 is 0 Å². The predicted octanol–water partition coefficient (Wildman–Crippen LogP) is 4.11. The van der Waals surface area contributed by atoms with Gasteiger partial charge in [0.25, 0.3) is 0 Å². The molecule has 1 aliphatic rings. The van der Waals surface area contributed by atoms with Crippen molar-refractivity contribution in [3.63, 3.8) is 0 Å². The van der Waals surface area contributed by atoms with Crippen molar-refractivity contribution in [2.24, 2.45) is 0 Å². The maximum absolute atomic E-state index is 13.0. The van der Waals surface area contributed by atoms with Crippen LogP contribution in [0.25, 0.3) is 0 Å². The number of rotatable bonds is 9. The molecule has 1 heterocycles. The largest absolute Gasteiger partial charge is 0.493 e. The maximum atomic E-state index is 13.0. The molecule has 0 saturated heterocycles. The van der Waals surface area contributed by atoms with Crippen molar-refractivity contribution in [3.05, 3.63) is 94.5 Å². The second-order valence-electron chi connectivity index (χ2n) is 8.42. The Morgan fingerprint density at radius 2 is 1.62 bits per heavy atom. The van der Waals surface area contributed by atoms with Crippen molar-refractivity contribution in [2.75, 3.05) is 34.4 Å². The van der Waals surface area contributed by atoms with Crippen LogP contribution in [0.2, 0.25) is 0 Å². The molecule has 34 heavy (non-hydrogen) atoms. The van der Waals surface area contributed by atoms with Crippen LogP contribution in [-0.2, 0) is 29.1 Å². The van der Waals surface area contributed by atoms with Gasteiger partial charge in [-0.1, -0.05) is 54.6 Å². The van der Waals surface area contributed by atoms with E-state index >= 15 is 0 Å².